The number of ether oxygens (including phenoxy) is 1. The van der Waals surface area contributed by atoms with Crippen molar-refractivity contribution in [3.8, 4) is 0 Å². The van der Waals surface area contributed by atoms with E-state index < -0.39 is 27.2 Å². The third-order valence-electron chi connectivity index (χ3n) is 4.00. The molecule has 0 radical (unpaired) electrons. The normalized spacial score (nSPS) is 23.7. The average molecular weight is 311 g/mol. The Hall–Kier alpha value is -1.40. The zero-order valence-electron chi connectivity index (χ0n) is 12.3. The maximum absolute atomic E-state index is 12.5. The van der Waals surface area contributed by atoms with Crippen LogP contribution in [0.1, 0.15) is 37.8 Å². The Morgan fingerprint density at radius 3 is 2.57 bits per heavy atom. The van der Waals surface area contributed by atoms with Crippen LogP contribution in [0.3, 0.4) is 0 Å². The van der Waals surface area contributed by atoms with E-state index in [1.165, 1.54) is 7.11 Å². The molecule has 116 valence electrons. The number of hydrogen-bond donors (Lipinski definition) is 1. The number of carbonyl (C=O) groups is 1. The van der Waals surface area contributed by atoms with Gasteiger partial charge in [-0.3, -0.25) is 4.79 Å². The van der Waals surface area contributed by atoms with Gasteiger partial charge in [-0.1, -0.05) is 36.8 Å². The highest BCUT2D eigenvalue weighted by Crippen LogP contribution is 2.32. The lowest BCUT2D eigenvalue weighted by Crippen LogP contribution is -2.40. The molecule has 0 bridgehead atoms. The van der Waals surface area contributed by atoms with E-state index in [-0.39, 0.29) is 6.04 Å². The van der Waals surface area contributed by atoms with Gasteiger partial charge in [0.2, 0.25) is 10.0 Å². The van der Waals surface area contributed by atoms with Crippen LogP contribution >= 0.6 is 0 Å². The zero-order chi connectivity index (χ0) is 15.5. The number of hydrogen-bond acceptors (Lipinski definition) is 4. The van der Waals surface area contributed by atoms with Crippen LogP contribution in [0.5, 0.6) is 0 Å². The molecule has 2 unspecified atom stereocenters. The fourth-order valence-electron chi connectivity index (χ4n) is 2.86. The van der Waals surface area contributed by atoms with E-state index >= 15 is 0 Å². The summed E-state index contributed by atoms with van der Waals surface area (Å²) < 4.78 is 32.5. The van der Waals surface area contributed by atoms with Crippen molar-refractivity contribution in [1.29, 1.82) is 0 Å². The lowest BCUT2D eigenvalue weighted by atomic mass is 10.1. The third kappa shape index (κ3) is 3.63. The Morgan fingerprint density at radius 1 is 1.29 bits per heavy atom. The van der Waals surface area contributed by atoms with Crippen molar-refractivity contribution >= 4 is 16.0 Å². The molecule has 2 rings (SSSR count). The molecule has 1 aliphatic carbocycles. The summed E-state index contributed by atoms with van der Waals surface area (Å²) in [6, 6.07) is 9.05. The molecule has 3 atom stereocenters. The standard InChI is InChI=1S/C15H21NO4S/c1-11(12-7-4-3-5-8-12)16-21(18,19)14-10-6-9-13(14)15(17)20-2/h3-5,7-8,11,13-14,16H,6,9-10H2,1-2H3/t11-,13?,14?/m1/s1. The number of methoxy groups -OCH3 is 1. The van der Waals surface area contributed by atoms with Crippen LogP contribution in [0.2, 0.25) is 0 Å². The SMILES string of the molecule is COC(=O)C1CCCC1S(=O)(=O)N[C@H](C)c1ccccc1. The van der Waals surface area contributed by atoms with Gasteiger partial charge < -0.3 is 4.74 Å². The van der Waals surface area contributed by atoms with Crippen LogP contribution in [0, 0.1) is 5.92 Å². The third-order valence-corrected chi connectivity index (χ3v) is 6.04. The van der Waals surface area contributed by atoms with Crippen LogP contribution < -0.4 is 4.72 Å². The van der Waals surface area contributed by atoms with Crippen molar-refractivity contribution in [3.05, 3.63) is 35.9 Å². The molecule has 5 nitrogen and oxygen atoms in total. The highest BCUT2D eigenvalue weighted by atomic mass is 32.2. The summed E-state index contributed by atoms with van der Waals surface area (Å²) >= 11 is 0. The molecular weight excluding hydrogens is 290 g/mol. The predicted molar refractivity (Wildman–Crippen MR) is 80.1 cm³/mol. The first-order valence-electron chi connectivity index (χ1n) is 7.09. The van der Waals surface area contributed by atoms with Crippen molar-refractivity contribution < 1.29 is 17.9 Å². The lowest BCUT2D eigenvalue weighted by Gasteiger charge is -2.21. The Kier molecular flexibility index (Phi) is 5.00. The van der Waals surface area contributed by atoms with Gasteiger partial charge in [-0.2, -0.15) is 0 Å². The van der Waals surface area contributed by atoms with Gasteiger partial charge >= 0.3 is 5.97 Å². The second-order valence-corrected chi connectivity index (χ2v) is 7.33. The molecule has 0 amide bonds. The van der Waals surface area contributed by atoms with Crippen LogP contribution in [0.4, 0.5) is 0 Å². The lowest BCUT2D eigenvalue weighted by molar-refractivity contribution is -0.145. The highest BCUT2D eigenvalue weighted by Gasteiger charge is 2.42. The molecule has 0 spiro atoms. The zero-order valence-corrected chi connectivity index (χ0v) is 13.1. The maximum Gasteiger partial charge on any atom is 0.310 e. The van der Waals surface area contributed by atoms with Crippen molar-refractivity contribution in [2.24, 2.45) is 5.92 Å². The minimum atomic E-state index is -3.56. The largest absolute Gasteiger partial charge is 0.469 e. The highest BCUT2D eigenvalue weighted by molar-refractivity contribution is 7.90. The summed E-state index contributed by atoms with van der Waals surface area (Å²) in [7, 11) is -2.27. The molecule has 6 heteroatoms. The molecule has 1 fully saturated rings. The van der Waals surface area contributed by atoms with Crippen molar-refractivity contribution in [2.75, 3.05) is 7.11 Å². The van der Waals surface area contributed by atoms with Crippen molar-refractivity contribution in [1.82, 2.24) is 4.72 Å². The van der Waals surface area contributed by atoms with Gasteiger partial charge in [-0.15, -0.1) is 0 Å². The summed E-state index contributed by atoms with van der Waals surface area (Å²) in [5.74, 6) is -0.995. The van der Waals surface area contributed by atoms with Gasteiger partial charge in [0.05, 0.1) is 18.3 Å². The van der Waals surface area contributed by atoms with E-state index in [1.807, 2.05) is 30.3 Å². The van der Waals surface area contributed by atoms with E-state index in [2.05, 4.69) is 4.72 Å². The predicted octanol–water partition coefficient (Wildman–Crippen LogP) is 2.01. The summed E-state index contributed by atoms with van der Waals surface area (Å²) in [6.45, 7) is 1.80. The van der Waals surface area contributed by atoms with Gasteiger partial charge in [0, 0.05) is 6.04 Å². The molecule has 1 N–H and O–H groups in total. The molecular formula is C15H21NO4S. The molecule has 0 heterocycles. The quantitative estimate of drug-likeness (QED) is 0.844. The van der Waals surface area contributed by atoms with Crippen LogP contribution in [-0.2, 0) is 19.6 Å². The smallest absolute Gasteiger partial charge is 0.310 e. The number of nitrogens with one attached hydrogen (secondary N) is 1. The molecule has 1 aromatic rings. The van der Waals surface area contributed by atoms with Crippen LogP contribution in [-0.4, -0.2) is 26.7 Å². The van der Waals surface area contributed by atoms with Gasteiger partial charge in [0.1, 0.15) is 0 Å². The second kappa shape index (κ2) is 6.58. The van der Waals surface area contributed by atoms with Gasteiger partial charge in [0.25, 0.3) is 0 Å². The molecule has 0 saturated heterocycles. The minimum absolute atomic E-state index is 0.324. The molecule has 1 saturated carbocycles. The monoisotopic (exact) mass is 311 g/mol. The Labute approximate surface area is 125 Å². The first-order valence-corrected chi connectivity index (χ1v) is 8.64. The Morgan fingerprint density at radius 2 is 1.95 bits per heavy atom. The van der Waals surface area contributed by atoms with Gasteiger partial charge in [-0.05, 0) is 25.3 Å². The van der Waals surface area contributed by atoms with E-state index in [1.54, 1.807) is 6.92 Å². The number of rotatable bonds is 5. The van der Waals surface area contributed by atoms with E-state index in [0.29, 0.717) is 12.8 Å². The molecule has 1 aromatic carbocycles. The maximum atomic E-state index is 12.5. The number of benzene rings is 1. The summed E-state index contributed by atoms with van der Waals surface area (Å²) in [6.07, 6.45) is 1.79. The second-order valence-electron chi connectivity index (χ2n) is 5.39. The Bertz CT molecular complexity index is 585. The first kappa shape index (κ1) is 16.0. The van der Waals surface area contributed by atoms with Crippen LogP contribution in [0.25, 0.3) is 0 Å². The minimum Gasteiger partial charge on any atom is -0.469 e. The van der Waals surface area contributed by atoms with E-state index in [0.717, 1.165) is 12.0 Å². The topological polar surface area (TPSA) is 72.5 Å². The summed E-state index contributed by atoms with van der Waals surface area (Å²) in [5, 5.41) is -0.698. The summed E-state index contributed by atoms with van der Waals surface area (Å²) in [5.41, 5.74) is 0.897. The number of esters is 1. The Balaban J connectivity index is 2.13. The molecule has 21 heavy (non-hydrogen) atoms. The fourth-order valence-corrected chi connectivity index (χ4v) is 4.82. The number of sulfonamides is 1. The van der Waals surface area contributed by atoms with Crippen LogP contribution in [0.15, 0.2) is 30.3 Å². The van der Waals surface area contributed by atoms with Crippen molar-refractivity contribution in [3.63, 3.8) is 0 Å². The summed E-state index contributed by atoms with van der Waals surface area (Å²) in [4.78, 5) is 11.7. The first-order chi connectivity index (χ1) is 9.95. The molecule has 0 aromatic heterocycles. The average Bonchev–Trinajstić information content (AvgIpc) is 2.97. The molecule has 1 aliphatic rings. The molecule has 0 aliphatic heterocycles. The van der Waals surface area contributed by atoms with Gasteiger partial charge in [-0.25, -0.2) is 13.1 Å². The van der Waals surface area contributed by atoms with Crippen molar-refractivity contribution in [2.45, 2.75) is 37.5 Å². The van der Waals surface area contributed by atoms with Gasteiger partial charge in [0.15, 0.2) is 0 Å². The fraction of sp³-hybridized carbons (Fsp3) is 0.533. The van der Waals surface area contributed by atoms with E-state index in [4.69, 9.17) is 4.74 Å². The van der Waals surface area contributed by atoms with E-state index in [9.17, 15) is 13.2 Å². The number of carbonyl (C=O) groups excluding carboxylic acids is 1.